The Kier molecular flexibility index (Phi) is 4.42. The molecule has 0 saturated carbocycles. The van der Waals surface area contributed by atoms with E-state index in [0.717, 1.165) is 50.7 Å². The number of hydrogen-bond acceptors (Lipinski definition) is 5. The molecule has 94 valence electrons. The van der Waals surface area contributed by atoms with Crippen molar-refractivity contribution in [2.24, 2.45) is 0 Å². The molecule has 0 spiro atoms. The minimum Gasteiger partial charge on any atom is -0.395 e. The number of β-amino-alcohol motifs (C(OH)–C–C–N with tert-alkyl or cyclic N) is 1. The van der Waals surface area contributed by atoms with E-state index in [4.69, 9.17) is 5.11 Å². The number of aryl methyl sites for hydroxylation is 1. The Morgan fingerprint density at radius 2 is 1.82 bits per heavy atom. The first-order valence-electron chi connectivity index (χ1n) is 6.11. The van der Waals surface area contributed by atoms with Crippen molar-refractivity contribution in [3.05, 3.63) is 23.8 Å². The second kappa shape index (κ2) is 6.05. The van der Waals surface area contributed by atoms with Crippen LogP contribution in [0.4, 0.5) is 0 Å². The van der Waals surface area contributed by atoms with Crippen molar-refractivity contribution in [1.29, 1.82) is 0 Å². The molecule has 1 aliphatic rings. The molecule has 1 saturated heterocycles. The summed E-state index contributed by atoms with van der Waals surface area (Å²) in [6.07, 6.45) is 3.67. The van der Waals surface area contributed by atoms with Gasteiger partial charge in [0.2, 0.25) is 0 Å². The molecule has 1 aliphatic heterocycles. The predicted molar refractivity (Wildman–Crippen MR) is 65.6 cm³/mol. The predicted octanol–water partition coefficient (Wildman–Crippen LogP) is -0.105. The van der Waals surface area contributed by atoms with E-state index in [9.17, 15) is 0 Å². The lowest BCUT2D eigenvalue weighted by Gasteiger charge is -2.33. The van der Waals surface area contributed by atoms with Gasteiger partial charge in [-0.25, -0.2) is 0 Å². The summed E-state index contributed by atoms with van der Waals surface area (Å²) in [5.41, 5.74) is 1.99. The highest BCUT2D eigenvalue weighted by Crippen LogP contribution is 2.05. The van der Waals surface area contributed by atoms with E-state index in [2.05, 4.69) is 19.8 Å². The molecule has 2 rings (SSSR count). The van der Waals surface area contributed by atoms with Crippen molar-refractivity contribution < 1.29 is 5.11 Å². The van der Waals surface area contributed by atoms with Crippen molar-refractivity contribution >= 4 is 0 Å². The van der Waals surface area contributed by atoms with Crippen LogP contribution in [0, 0.1) is 6.92 Å². The molecule has 0 atom stereocenters. The summed E-state index contributed by atoms with van der Waals surface area (Å²) < 4.78 is 0. The zero-order chi connectivity index (χ0) is 12.1. The number of aliphatic hydroxyl groups is 1. The third kappa shape index (κ3) is 3.73. The lowest BCUT2D eigenvalue weighted by atomic mass is 10.3. The fourth-order valence-corrected chi connectivity index (χ4v) is 2.04. The lowest BCUT2D eigenvalue weighted by Crippen LogP contribution is -2.46. The van der Waals surface area contributed by atoms with Crippen molar-refractivity contribution in [2.45, 2.75) is 13.5 Å². The summed E-state index contributed by atoms with van der Waals surface area (Å²) in [7, 11) is 0. The molecular formula is C12H20N4O. The van der Waals surface area contributed by atoms with Gasteiger partial charge in [-0.1, -0.05) is 0 Å². The molecule has 0 amide bonds. The second-order valence-corrected chi connectivity index (χ2v) is 4.49. The van der Waals surface area contributed by atoms with E-state index in [1.807, 2.05) is 19.3 Å². The molecule has 2 heterocycles. The van der Waals surface area contributed by atoms with E-state index < -0.39 is 0 Å². The summed E-state index contributed by atoms with van der Waals surface area (Å²) in [4.78, 5) is 13.3. The van der Waals surface area contributed by atoms with Crippen molar-refractivity contribution in [3.8, 4) is 0 Å². The number of aliphatic hydroxyl groups excluding tert-OH is 1. The molecule has 0 aromatic carbocycles. The molecule has 5 nitrogen and oxygen atoms in total. The summed E-state index contributed by atoms with van der Waals surface area (Å²) in [5.74, 6) is 0. The Balaban J connectivity index is 1.79. The smallest absolute Gasteiger partial charge is 0.0727 e. The summed E-state index contributed by atoms with van der Waals surface area (Å²) >= 11 is 0. The number of aromatic nitrogens is 2. The third-order valence-electron chi connectivity index (χ3n) is 3.10. The fraction of sp³-hybridized carbons (Fsp3) is 0.667. The highest BCUT2D eigenvalue weighted by atomic mass is 16.3. The van der Waals surface area contributed by atoms with Crippen LogP contribution in [0.5, 0.6) is 0 Å². The normalized spacial score (nSPS) is 18.5. The quantitative estimate of drug-likeness (QED) is 0.791. The molecule has 5 heteroatoms. The van der Waals surface area contributed by atoms with Crippen LogP contribution >= 0.6 is 0 Å². The highest BCUT2D eigenvalue weighted by molar-refractivity contribution is 5.00. The first-order chi connectivity index (χ1) is 8.28. The van der Waals surface area contributed by atoms with Gasteiger partial charge in [0.25, 0.3) is 0 Å². The topological polar surface area (TPSA) is 52.5 Å². The molecule has 0 radical (unpaired) electrons. The molecular weight excluding hydrogens is 216 g/mol. The minimum absolute atomic E-state index is 0.253. The number of nitrogens with zero attached hydrogens (tertiary/aromatic N) is 4. The van der Waals surface area contributed by atoms with Crippen LogP contribution in [0.15, 0.2) is 12.4 Å². The zero-order valence-corrected chi connectivity index (χ0v) is 10.3. The molecule has 1 aromatic heterocycles. The molecule has 0 aliphatic carbocycles. The van der Waals surface area contributed by atoms with E-state index in [0.29, 0.717) is 0 Å². The summed E-state index contributed by atoms with van der Waals surface area (Å²) in [6.45, 7) is 8.00. The van der Waals surface area contributed by atoms with Crippen LogP contribution in [-0.4, -0.2) is 64.2 Å². The number of hydrogen-bond donors (Lipinski definition) is 1. The highest BCUT2D eigenvalue weighted by Gasteiger charge is 2.16. The SMILES string of the molecule is Cc1cnc(CN2CCN(CCO)CC2)cn1. The maximum Gasteiger partial charge on any atom is 0.0727 e. The average Bonchev–Trinajstić information content (AvgIpc) is 2.35. The van der Waals surface area contributed by atoms with E-state index in [1.54, 1.807) is 0 Å². The first kappa shape index (κ1) is 12.4. The average molecular weight is 236 g/mol. The van der Waals surface area contributed by atoms with Gasteiger partial charge >= 0.3 is 0 Å². The van der Waals surface area contributed by atoms with Gasteiger partial charge in [-0.05, 0) is 6.92 Å². The Morgan fingerprint density at radius 1 is 1.12 bits per heavy atom. The molecule has 1 aromatic rings. The third-order valence-corrected chi connectivity index (χ3v) is 3.10. The maximum absolute atomic E-state index is 8.87. The molecule has 1 fully saturated rings. The van der Waals surface area contributed by atoms with E-state index in [1.165, 1.54) is 0 Å². The summed E-state index contributed by atoms with van der Waals surface area (Å²) in [6, 6.07) is 0. The van der Waals surface area contributed by atoms with Gasteiger partial charge in [-0.2, -0.15) is 0 Å². The Morgan fingerprint density at radius 3 is 2.41 bits per heavy atom. The van der Waals surface area contributed by atoms with Gasteiger partial charge < -0.3 is 5.11 Å². The van der Waals surface area contributed by atoms with Crippen molar-refractivity contribution in [3.63, 3.8) is 0 Å². The van der Waals surface area contributed by atoms with Crippen LogP contribution in [0.2, 0.25) is 0 Å². The van der Waals surface area contributed by atoms with E-state index >= 15 is 0 Å². The van der Waals surface area contributed by atoms with Gasteiger partial charge in [-0.15, -0.1) is 0 Å². The maximum atomic E-state index is 8.87. The van der Waals surface area contributed by atoms with Gasteiger partial charge in [0, 0.05) is 51.7 Å². The standard InChI is InChI=1S/C12H20N4O/c1-11-8-14-12(9-13-11)10-16-4-2-15(3-5-16)6-7-17/h8-9,17H,2-7,10H2,1H3. The number of piperazine rings is 1. The molecule has 1 N–H and O–H groups in total. The minimum atomic E-state index is 0.253. The van der Waals surface area contributed by atoms with Gasteiger partial charge in [0.15, 0.2) is 0 Å². The van der Waals surface area contributed by atoms with Gasteiger partial charge in [-0.3, -0.25) is 19.8 Å². The zero-order valence-electron chi connectivity index (χ0n) is 10.3. The Bertz CT molecular complexity index is 333. The van der Waals surface area contributed by atoms with Gasteiger partial charge in [0.05, 0.1) is 18.0 Å². The number of rotatable bonds is 4. The Hall–Kier alpha value is -1.04. The van der Waals surface area contributed by atoms with Crippen LogP contribution in [0.3, 0.4) is 0 Å². The van der Waals surface area contributed by atoms with Crippen LogP contribution < -0.4 is 0 Å². The van der Waals surface area contributed by atoms with E-state index in [-0.39, 0.29) is 6.61 Å². The van der Waals surface area contributed by atoms with Crippen LogP contribution in [0.1, 0.15) is 11.4 Å². The van der Waals surface area contributed by atoms with Crippen LogP contribution in [-0.2, 0) is 6.54 Å². The monoisotopic (exact) mass is 236 g/mol. The fourth-order valence-electron chi connectivity index (χ4n) is 2.04. The van der Waals surface area contributed by atoms with Crippen LogP contribution in [0.25, 0.3) is 0 Å². The van der Waals surface area contributed by atoms with Crippen molar-refractivity contribution in [2.75, 3.05) is 39.3 Å². The summed E-state index contributed by atoms with van der Waals surface area (Å²) in [5, 5.41) is 8.87. The molecule has 0 unspecified atom stereocenters. The molecule has 17 heavy (non-hydrogen) atoms. The lowest BCUT2D eigenvalue weighted by molar-refractivity contribution is 0.107. The second-order valence-electron chi connectivity index (χ2n) is 4.49. The van der Waals surface area contributed by atoms with Crippen molar-refractivity contribution in [1.82, 2.24) is 19.8 Å². The van der Waals surface area contributed by atoms with Gasteiger partial charge in [0.1, 0.15) is 0 Å². The Labute approximate surface area is 102 Å². The largest absolute Gasteiger partial charge is 0.395 e. The molecule has 0 bridgehead atoms. The first-order valence-corrected chi connectivity index (χ1v) is 6.11.